The second-order valence-corrected chi connectivity index (χ2v) is 7.12. The molecule has 0 N–H and O–H groups in total. The van der Waals surface area contributed by atoms with Gasteiger partial charge in [-0.25, -0.2) is 4.79 Å². The lowest BCUT2D eigenvalue weighted by Crippen LogP contribution is -2.36. The fourth-order valence-electron chi connectivity index (χ4n) is 3.58. The molecule has 2 heterocycles. The first kappa shape index (κ1) is 18.6. The van der Waals surface area contributed by atoms with Crippen molar-refractivity contribution in [3.05, 3.63) is 52.8 Å². The molecule has 5 heteroatoms. The summed E-state index contributed by atoms with van der Waals surface area (Å²) in [6.07, 6.45) is 2.96. The highest BCUT2D eigenvalue weighted by molar-refractivity contribution is 5.89. The smallest absolute Gasteiger partial charge is 0.359 e. The maximum absolute atomic E-state index is 12.4. The van der Waals surface area contributed by atoms with Gasteiger partial charge in [-0.1, -0.05) is 30.3 Å². The molecular formula is C21H29N3O2. The van der Waals surface area contributed by atoms with Gasteiger partial charge in [0.05, 0.1) is 6.61 Å². The van der Waals surface area contributed by atoms with Crippen LogP contribution in [-0.4, -0.2) is 39.8 Å². The van der Waals surface area contributed by atoms with E-state index in [4.69, 9.17) is 4.74 Å². The van der Waals surface area contributed by atoms with Crippen LogP contribution >= 0.6 is 0 Å². The molecule has 0 saturated heterocycles. The molecule has 0 bridgehead atoms. The molecule has 0 atom stereocenters. The summed E-state index contributed by atoms with van der Waals surface area (Å²) in [7, 11) is 0. The molecule has 1 aliphatic rings. The SMILES string of the molecule is CCOC(=O)c1nn(CCCc2ccccc2)c2c1CN(C(C)C)CC2. The van der Waals surface area contributed by atoms with Gasteiger partial charge < -0.3 is 4.74 Å². The Labute approximate surface area is 156 Å². The molecular weight excluding hydrogens is 326 g/mol. The lowest BCUT2D eigenvalue weighted by molar-refractivity contribution is 0.0515. The van der Waals surface area contributed by atoms with Crippen molar-refractivity contribution in [3.63, 3.8) is 0 Å². The predicted octanol–water partition coefficient (Wildman–Crippen LogP) is 3.46. The van der Waals surface area contributed by atoms with Crippen LogP contribution in [0.15, 0.2) is 30.3 Å². The lowest BCUT2D eigenvalue weighted by atomic mass is 10.0. The van der Waals surface area contributed by atoms with E-state index in [1.165, 1.54) is 11.3 Å². The highest BCUT2D eigenvalue weighted by atomic mass is 16.5. The number of rotatable bonds is 7. The number of fused-ring (bicyclic) bond motifs is 1. The third-order valence-electron chi connectivity index (χ3n) is 5.04. The van der Waals surface area contributed by atoms with Crippen molar-refractivity contribution in [2.45, 2.75) is 59.2 Å². The van der Waals surface area contributed by atoms with Crippen LogP contribution in [0, 0.1) is 0 Å². The normalized spacial score (nSPS) is 14.5. The molecule has 0 spiro atoms. The summed E-state index contributed by atoms with van der Waals surface area (Å²) in [4.78, 5) is 14.8. The minimum atomic E-state index is -0.295. The van der Waals surface area contributed by atoms with E-state index < -0.39 is 0 Å². The molecule has 3 rings (SSSR count). The van der Waals surface area contributed by atoms with Crippen molar-refractivity contribution in [1.82, 2.24) is 14.7 Å². The van der Waals surface area contributed by atoms with Gasteiger partial charge in [0.1, 0.15) is 0 Å². The number of benzene rings is 1. The van der Waals surface area contributed by atoms with Gasteiger partial charge in [-0.15, -0.1) is 0 Å². The van der Waals surface area contributed by atoms with E-state index in [-0.39, 0.29) is 5.97 Å². The van der Waals surface area contributed by atoms with E-state index in [1.54, 1.807) is 0 Å². The minimum absolute atomic E-state index is 0.295. The summed E-state index contributed by atoms with van der Waals surface area (Å²) in [5, 5.41) is 4.65. The van der Waals surface area contributed by atoms with Crippen molar-refractivity contribution in [2.24, 2.45) is 0 Å². The number of nitrogens with zero attached hydrogens (tertiary/aromatic N) is 3. The standard InChI is InChI=1S/C21H29N3O2/c1-4-26-21(25)20-18-15-23(16(2)3)14-12-19(18)24(22-20)13-8-11-17-9-6-5-7-10-17/h5-7,9-10,16H,4,8,11-15H2,1-3H3. The Morgan fingerprint density at radius 3 is 2.73 bits per heavy atom. The Bertz CT molecular complexity index is 737. The number of esters is 1. The van der Waals surface area contributed by atoms with Crippen molar-refractivity contribution >= 4 is 5.97 Å². The van der Waals surface area contributed by atoms with Gasteiger partial charge in [0.25, 0.3) is 0 Å². The minimum Gasteiger partial charge on any atom is -0.461 e. The zero-order valence-electron chi connectivity index (χ0n) is 16.1. The summed E-state index contributed by atoms with van der Waals surface area (Å²) < 4.78 is 7.29. The molecule has 140 valence electrons. The first-order valence-electron chi connectivity index (χ1n) is 9.63. The van der Waals surface area contributed by atoms with Gasteiger partial charge in [0.2, 0.25) is 0 Å². The lowest BCUT2D eigenvalue weighted by Gasteiger charge is -2.30. The highest BCUT2D eigenvalue weighted by Gasteiger charge is 2.29. The third-order valence-corrected chi connectivity index (χ3v) is 5.04. The Morgan fingerprint density at radius 2 is 2.04 bits per heavy atom. The van der Waals surface area contributed by atoms with E-state index in [0.717, 1.165) is 44.5 Å². The number of aromatic nitrogens is 2. The number of aryl methyl sites for hydroxylation is 2. The molecule has 26 heavy (non-hydrogen) atoms. The van der Waals surface area contributed by atoms with Crippen molar-refractivity contribution in [3.8, 4) is 0 Å². The molecule has 1 aromatic heterocycles. The molecule has 5 nitrogen and oxygen atoms in total. The zero-order valence-corrected chi connectivity index (χ0v) is 16.1. The van der Waals surface area contributed by atoms with Gasteiger partial charge in [-0.3, -0.25) is 9.58 Å². The van der Waals surface area contributed by atoms with Crippen LogP contribution in [0.2, 0.25) is 0 Å². The van der Waals surface area contributed by atoms with Crippen molar-refractivity contribution in [2.75, 3.05) is 13.2 Å². The van der Waals surface area contributed by atoms with Gasteiger partial charge >= 0.3 is 5.97 Å². The van der Waals surface area contributed by atoms with Gasteiger partial charge in [0, 0.05) is 43.4 Å². The number of hydrogen-bond acceptors (Lipinski definition) is 4. The number of ether oxygens (including phenoxy) is 1. The first-order chi connectivity index (χ1) is 12.6. The van der Waals surface area contributed by atoms with Gasteiger partial charge in [-0.05, 0) is 39.2 Å². The second kappa shape index (κ2) is 8.49. The first-order valence-corrected chi connectivity index (χ1v) is 9.63. The molecule has 0 radical (unpaired) electrons. The summed E-state index contributed by atoms with van der Waals surface area (Å²) in [5.41, 5.74) is 4.11. The Hall–Kier alpha value is -2.14. The van der Waals surface area contributed by atoms with E-state index in [9.17, 15) is 4.79 Å². The molecule has 2 aromatic rings. The van der Waals surface area contributed by atoms with Crippen LogP contribution in [0.4, 0.5) is 0 Å². The number of carbonyl (C=O) groups is 1. The fraction of sp³-hybridized carbons (Fsp3) is 0.524. The van der Waals surface area contributed by atoms with Crippen LogP contribution in [0.25, 0.3) is 0 Å². The summed E-state index contributed by atoms with van der Waals surface area (Å²) >= 11 is 0. The number of carbonyl (C=O) groups excluding carboxylic acids is 1. The molecule has 0 aliphatic carbocycles. The van der Waals surface area contributed by atoms with Crippen LogP contribution in [0.5, 0.6) is 0 Å². The maximum Gasteiger partial charge on any atom is 0.359 e. The van der Waals surface area contributed by atoms with Gasteiger partial charge in [-0.2, -0.15) is 5.10 Å². The summed E-state index contributed by atoms with van der Waals surface area (Å²) in [6, 6.07) is 11.0. The molecule has 1 aliphatic heterocycles. The third kappa shape index (κ3) is 4.15. The maximum atomic E-state index is 12.4. The predicted molar refractivity (Wildman–Crippen MR) is 102 cm³/mol. The average molecular weight is 355 g/mol. The van der Waals surface area contributed by atoms with Crippen LogP contribution in [0.1, 0.15) is 54.5 Å². The summed E-state index contributed by atoms with van der Waals surface area (Å²) in [5.74, 6) is -0.295. The monoisotopic (exact) mass is 355 g/mol. The second-order valence-electron chi connectivity index (χ2n) is 7.12. The Morgan fingerprint density at radius 1 is 1.27 bits per heavy atom. The average Bonchev–Trinajstić information content (AvgIpc) is 3.01. The van der Waals surface area contributed by atoms with Crippen LogP contribution in [0.3, 0.4) is 0 Å². The van der Waals surface area contributed by atoms with Crippen molar-refractivity contribution in [1.29, 1.82) is 0 Å². The largest absolute Gasteiger partial charge is 0.461 e. The number of hydrogen-bond donors (Lipinski definition) is 0. The fourth-order valence-corrected chi connectivity index (χ4v) is 3.58. The van der Waals surface area contributed by atoms with Crippen molar-refractivity contribution < 1.29 is 9.53 Å². The van der Waals surface area contributed by atoms with E-state index >= 15 is 0 Å². The molecule has 0 unspecified atom stereocenters. The highest BCUT2D eigenvalue weighted by Crippen LogP contribution is 2.25. The summed E-state index contributed by atoms with van der Waals surface area (Å²) in [6.45, 7) is 9.22. The molecule has 0 saturated carbocycles. The van der Waals surface area contributed by atoms with Gasteiger partial charge in [0.15, 0.2) is 5.69 Å². The topological polar surface area (TPSA) is 47.4 Å². The Balaban J connectivity index is 1.77. The Kier molecular flexibility index (Phi) is 6.09. The zero-order chi connectivity index (χ0) is 18.5. The van der Waals surface area contributed by atoms with Crippen LogP contribution in [-0.2, 0) is 30.7 Å². The van der Waals surface area contributed by atoms with Crippen LogP contribution < -0.4 is 0 Å². The molecule has 0 amide bonds. The van der Waals surface area contributed by atoms with E-state index in [0.29, 0.717) is 18.3 Å². The van der Waals surface area contributed by atoms with E-state index in [2.05, 4.69) is 48.1 Å². The quantitative estimate of drug-likeness (QED) is 0.714. The molecule has 1 aromatic carbocycles. The van der Waals surface area contributed by atoms with E-state index in [1.807, 2.05) is 17.7 Å². The molecule has 0 fully saturated rings.